The summed E-state index contributed by atoms with van der Waals surface area (Å²) in [5.41, 5.74) is 5.61. The minimum absolute atomic E-state index is 0.0743. The van der Waals surface area contributed by atoms with Gasteiger partial charge in [0.15, 0.2) is 0 Å². The lowest BCUT2D eigenvalue weighted by molar-refractivity contribution is -0.135. The monoisotopic (exact) mass is 412 g/mol. The second kappa shape index (κ2) is 8.42. The quantitative estimate of drug-likeness (QED) is 0.205. The van der Waals surface area contributed by atoms with E-state index < -0.39 is 23.4 Å². The number of pyridine rings is 2. The predicted molar refractivity (Wildman–Crippen MR) is 115 cm³/mol. The average molecular weight is 412 g/mol. The van der Waals surface area contributed by atoms with Gasteiger partial charge in [-0.25, -0.2) is 9.97 Å². The van der Waals surface area contributed by atoms with Crippen LogP contribution in [0.2, 0.25) is 0 Å². The molecule has 4 rings (SSSR count). The summed E-state index contributed by atoms with van der Waals surface area (Å²) in [6, 6.07) is 21.0. The van der Waals surface area contributed by atoms with Gasteiger partial charge in [0.1, 0.15) is 17.1 Å². The lowest BCUT2D eigenvalue weighted by atomic mass is 10.2. The highest BCUT2D eigenvalue weighted by atomic mass is 16.3. The molecule has 152 valence electrons. The van der Waals surface area contributed by atoms with Crippen LogP contribution in [0.15, 0.2) is 78.9 Å². The number of aliphatic hydroxyl groups excluding tert-OH is 1. The summed E-state index contributed by atoms with van der Waals surface area (Å²) in [4.78, 5) is 44.7. The van der Waals surface area contributed by atoms with Crippen LogP contribution < -0.4 is 10.9 Å². The molecule has 0 aliphatic carbocycles. The van der Waals surface area contributed by atoms with Crippen molar-refractivity contribution in [3.05, 3.63) is 90.3 Å². The van der Waals surface area contributed by atoms with E-state index in [9.17, 15) is 19.5 Å². The topological polar surface area (TPSA) is 121 Å². The van der Waals surface area contributed by atoms with Gasteiger partial charge >= 0.3 is 5.91 Å². The SMILES string of the molecule is O=C(C=C(O)c1ccc2ccccc2n1)C(=O)NNC(=O)c1ccc2ccccc2n1. The number of aromatic nitrogens is 2. The molecular weight excluding hydrogens is 396 g/mol. The molecule has 0 radical (unpaired) electrons. The van der Waals surface area contributed by atoms with E-state index >= 15 is 0 Å². The van der Waals surface area contributed by atoms with Crippen LogP contribution in [0.25, 0.3) is 27.6 Å². The number of rotatable bonds is 4. The standard InChI is InChI=1S/C23H16N4O4/c28-20(18-11-9-14-5-1-3-7-16(14)24-18)13-21(29)23(31)27-26-22(30)19-12-10-15-6-2-4-8-17(15)25-19/h1-13,28H,(H,26,30)(H,27,31). The first-order chi connectivity index (χ1) is 15.0. The first-order valence-corrected chi connectivity index (χ1v) is 9.28. The Balaban J connectivity index is 1.41. The predicted octanol–water partition coefficient (Wildman–Crippen LogP) is 2.71. The molecule has 4 aromatic rings. The van der Waals surface area contributed by atoms with Gasteiger partial charge in [-0.2, -0.15) is 0 Å². The molecular formula is C23H16N4O4. The maximum atomic E-state index is 12.2. The zero-order chi connectivity index (χ0) is 21.8. The number of hydrogen-bond donors (Lipinski definition) is 3. The van der Waals surface area contributed by atoms with Crippen molar-refractivity contribution in [2.75, 3.05) is 0 Å². The third kappa shape index (κ3) is 4.38. The molecule has 2 aromatic carbocycles. The van der Waals surface area contributed by atoms with Crippen molar-refractivity contribution in [2.24, 2.45) is 0 Å². The Morgan fingerprint density at radius 1 is 0.710 bits per heavy atom. The normalized spacial score (nSPS) is 11.3. The van der Waals surface area contributed by atoms with Gasteiger partial charge in [-0.3, -0.25) is 25.2 Å². The molecule has 0 spiro atoms. The van der Waals surface area contributed by atoms with E-state index in [2.05, 4.69) is 15.4 Å². The Labute approximate surface area is 176 Å². The first kappa shape index (κ1) is 19.7. The van der Waals surface area contributed by atoms with E-state index in [1.807, 2.05) is 29.7 Å². The largest absolute Gasteiger partial charge is 0.506 e. The molecule has 3 N–H and O–H groups in total. The lowest BCUT2D eigenvalue weighted by Gasteiger charge is -2.06. The molecule has 2 amide bonds. The van der Waals surface area contributed by atoms with Crippen molar-refractivity contribution >= 4 is 45.2 Å². The maximum absolute atomic E-state index is 12.2. The van der Waals surface area contributed by atoms with Crippen LogP contribution in [0.4, 0.5) is 0 Å². The fourth-order valence-corrected chi connectivity index (χ4v) is 2.90. The summed E-state index contributed by atoms with van der Waals surface area (Å²) in [6.45, 7) is 0. The Kier molecular flexibility index (Phi) is 5.35. The van der Waals surface area contributed by atoms with Crippen molar-refractivity contribution in [2.45, 2.75) is 0 Å². The van der Waals surface area contributed by atoms with E-state index in [1.54, 1.807) is 36.4 Å². The van der Waals surface area contributed by atoms with Gasteiger partial charge in [0.25, 0.3) is 5.91 Å². The lowest BCUT2D eigenvalue weighted by Crippen LogP contribution is -2.44. The number of ketones is 1. The fourth-order valence-electron chi connectivity index (χ4n) is 2.90. The van der Waals surface area contributed by atoms with E-state index in [4.69, 9.17) is 0 Å². The van der Waals surface area contributed by atoms with E-state index in [0.717, 1.165) is 16.8 Å². The molecule has 8 nitrogen and oxygen atoms in total. The van der Waals surface area contributed by atoms with Crippen LogP contribution in [-0.4, -0.2) is 32.7 Å². The zero-order valence-electron chi connectivity index (χ0n) is 16.1. The van der Waals surface area contributed by atoms with Crippen molar-refractivity contribution in [3.63, 3.8) is 0 Å². The van der Waals surface area contributed by atoms with Crippen LogP contribution in [0, 0.1) is 0 Å². The Bertz CT molecular complexity index is 1360. The number of amides is 2. The van der Waals surface area contributed by atoms with Gasteiger partial charge in [0, 0.05) is 16.8 Å². The molecule has 0 bridgehead atoms. The van der Waals surface area contributed by atoms with Crippen molar-refractivity contribution in [1.82, 2.24) is 20.8 Å². The maximum Gasteiger partial charge on any atom is 0.310 e. The van der Waals surface area contributed by atoms with Gasteiger partial charge in [-0.05, 0) is 24.3 Å². The Hall–Kier alpha value is -4.59. The molecule has 2 aromatic heterocycles. The third-order valence-corrected chi connectivity index (χ3v) is 4.47. The second-order valence-electron chi connectivity index (χ2n) is 6.58. The molecule has 0 saturated heterocycles. The van der Waals surface area contributed by atoms with E-state index in [-0.39, 0.29) is 11.4 Å². The van der Waals surface area contributed by atoms with Crippen LogP contribution in [0.3, 0.4) is 0 Å². The summed E-state index contributed by atoms with van der Waals surface area (Å²) in [6.07, 6.45) is 0.743. The molecule has 0 unspecified atom stereocenters. The Morgan fingerprint density at radius 2 is 1.26 bits per heavy atom. The number of carbonyl (C=O) groups is 3. The van der Waals surface area contributed by atoms with Crippen LogP contribution in [-0.2, 0) is 9.59 Å². The highest BCUT2D eigenvalue weighted by Gasteiger charge is 2.16. The third-order valence-electron chi connectivity index (χ3n) is 4.47. The van der Waals surface area contributed by atoms with Crippen LogP contribution >= 0.6 is 0 Å². The molecule has 31 heavy (non-hydrogen) atoms. The molecule has 0 aliphatic rings. The highest BCUT2D eigenvalue weighted by molar-refractivity contribution is 6.41. The van der Waals surface area contributed by atoms with Crippen LogP contribution in [0.1, 0.15) is 16.2 Å². The van der Waals surface area contributed by atoms with Gasteiger partial charge in [-0.1, -0.05) is 48.5 Å². The van der Waals surface area contributed by atoms with E-state index in [1.165, 1.54) is 12.1 Å². The number of nitrogens with one attached hydrogen (secondary N) is 2. The zero-order valence-corrected chi connectivity index (χ0v) is 16.1. The summed E-state index contributed by atoms with van der Waals surface area (Å²) in [5.74, 6) is -3.33. The minimum atomic E-state index is -1.12. The number of carbonyl (C=O) groups excluding carboxylic acids is 3. The fraction of sp³-hybridized carbons (Fsp3) is 0. The summed E-state index contributed by atoms with van der Waals surface area (Å²) < 4.78 is 0. The molecule has 2 heterocycles. The number of para-hydroxylation sites is 2. The second-order valence-corrected chi connectivity index (χ2v) is 6.58. The number of benzene rings is 2. The summed E-state index contributed by atoms with van der Waals surface area (Å²) in [5, 5.41) is 11.9. The van der Waals surface area contributed by atoms with Gasteiger partial charge < -0.3 is 5.11 Å². The molecule has 0 aliphatic heterocycles. The molecule has 8 heteroatoms. The molecule has 0 atom stereocenters. The number of nitrogens with zero attached hydrogens (tertiary/aromatic N) is 2. The smallest absolute Gasteiger partial charge is 0.310 e. The Morgan fingerprint density at radius 3 is 1.90 bits per heavy atom. The van der Waals surface area contributed by atoms with E-state index in [0.29, 0.717) is 11.0 Å². The highest BCUT2D eigenvalue weighted by Crippen LogP contribution is 2.16. The van der Waals surface area contributed by atoms with Crippen molar-refractivity contribution < 1.29 is 19.5 Å². The number of aliphatic hydroxyl groups is 1. The number of fused-ring (bicyclic) bond motifs is 2. The molecule has 0 saturated carbocycles. The summed E-state index contributed by atoms with van der Waals surface area (Å²) in [7, 11) is 0. The first-order valence-electron chi connectivity index (χ1n) is 9.28. The average Bonchev–Trinajstić information content (AvgIpc) is 2.81. The van der Waals surface area contributed by atoms with Gasteiger partial charge in [-0.15, -0.1) is 0 Å². The van der Waals surface area contributed by atoms with Crippen LogP contribution in [0.5, 0.6) is 0 Å². The van der Waals surface area contributed by atoms with Crippen molar-refractivity contribution in [1.29, 1.82) is 0 Å². The van der Waals surface area contributed by atoms with Crippen molar-refractivity contribution in [3.8, 4) is 0 Å². The minimum Gasteiger partial charge on any atom is -0.506 e. The number of hydrogen-bond acceptors (Lipinski definition) is 6. The number of hydrazine groups is 1. The summed E-state index contributed by atoms with van der Waals surface area (Å²) >= 11 is 0. The van der Waals surface area contributed by atoms with Gasteiger partial charge in [0.05, 0.1) is 11.0 Å². The molecule has 0 fully saturated rings. The van der Waals surface area contributed by atoms with Gasteiger partial charge in [0.2, 0.25) is 5.78 Å².